The first-order valence-electron chi connectivity index (χ1n) is 10.4. The molecule has 0 bridgehead atoms. The van der Waals surface area contributed by atoms with Gasteiger partial charge in [0.2, 0.25) is 5.91 Å². The normalized spacial score (nSPS) is 24.7. The lowest BCUT2D eigenvalue weighted by Crippen LogP contribution is -2.42. The number of ether oxygens (including phenoxy) is 2. The standard InChI is InChI=1S/C26H20ClNO5/c1-25(22(29)15-7-9-16(27)10-8-15)21-19-5-3-4-6-20(19)33-24(31)26(21,25)23(30)28-17-11-13-18(32-2)14-12-17/h3-14,21H,1-2H3,(H,28,30). The summed E-state index contributed by atoms with van der Waals surface area (Å²) in [5.41, 5.74) is -1.52. The zero-order valence-electron chi connectivity index (χ0n) is 17.9. The molecule has 1 heterocycles. The molecule has 0 spiro atoms. The Bertz CT molecular complexity index is 1290. The minimum absolute atomic E-state index is 0.317. The molecule has 1 saturated carbocycles. The molecular formula is C26H20ClNO5. The third-order valence-electron chi connectivity index (χ3n) is 6.78. The Kier molecular flexibility index (Phi) is 4.79. The van der Waals surface area contributed by atoms with Gasteiger partial charge >= 0.3 is 5.97 Å². The maximum Gasteiger partial charge on any atom is 0.328 e. The predicted octanol–water partition coefficient (Wildman–Crippen LogP) is 4.88. The van der Waals surface area contributed by atoms with Crippen LogP contribution in [-0.2, 0) is 9.59 Å². The SMILES string of the molecule is COc1ccc(NC(=O)C23C(=O)Oc4ccccc4C2C3(C)C(=O)c2ccc(Cl)cc2)cc1. The molecule has 33 heavy (non-hydrogen) atoms. The van der Waals surface area contributed by atoms with Crippen LogP contribution in [0.15, 0.2) is 72.8 Å². The fraction of sp³-hybridized carbons (Fsp3) is 0.192. The Morgan fingerprint density at radius 1 is 1.00 bits per heavy atom. The number of amides is 1. The van der Waals surface area contributed by atoms with Crippen molar-refractivity contribution in [1.82, 2.24) is 0 Å². The van der Waals surface area contributed by atoms with E-state index in [0.29, 0.717) is 33.3 Å². The molecule has 6 nitrogen and oxygen atoms in total. The van der Waals surface area contributed by atoms with Crippen LogP contribution in [-0.4, -0.2) is 24.8 Å². The largest absolute Gasteiger partial charge is 0.497 e. The fourth-order valence-electron chi connectivity index (χ4n) is 5.06. The van der Waals surface area contributed by atoms with Crippen LogP contribution in [0.5, 0.6) is 11.5 Å². The van der Waals surface area contributed by atoms with Gasteiger partial charge in [0.25, 0.3) is 0 Å². The molecule has 3 unspecified atom stereocenters. The number of Topliss-reactive ketones (excluding diaryl/α,β-unsaturated/α-hetero) is 1. The van der Waals surface area contributed by atoms with Crippen molar-refractivity contribution in [1.29, 1.82) is 0 Å². The van der Waals surface area contributed by atoms with Gasteiger partial charge in [-0.3, -0.25) is 14.4 Å². The van der Waals surface area contributed by atoms with Gasteiger partial charge in [0.05, 0.1) is 12.5 Å². The molecule has 7 heteroatoms. The molecule has 0 saturated heterocycles. The number of para-hydroxylation sites is 1. The predicted molar refractivity (Wildman–Crippen MR) is 123 cm³/mol. The molecular weight excluding hydrogens is 442 g/mol. The average molecular weight is 462 g/mol. The Hall–Kier alpha value is -3.64. The van der Waals surface area contributed by atoms with Gasteiger partial charge in [-0.15, -0.1) is 0 Å². The third kappa shape index (κ3) is 2.91. The number of carbonyl (C=O) groups excluding carboxylic acids is 3. The van der Waals surface area contributed by atoms with Gasteiger partial charge in [0.15, 0.2) is 11.2 Å². The number of rotatable bonds is 5. The molecule has 0 radical (unpaired) electrons. The van der Waals surface area contributed by atoms with Crippen molar-refractivity contribution in [2.45, 2.75) is 12.8 Å². The van der Waals surface area contributed by atoms with Crippen LogP contribution in [0, 0.1) is 10.8 Å². The highest BCUT2D eigenvalue weighted by Gasteiger charge is 2.88. The first-order chi connectivity index (χ1) is 15.8. The molecule has 1 aliphatic heterocycles. The van der Waals surface area contributed by atoms with Gasteiger partial charge < -0.3 is 14.8 Å². The molecule has 0 aromatic heterocycles. The van der Waals surface area contributed by atoms with Crippen molar-refractivity contribution >= 4 is 34.9 Å². The zero-order chi connectivity index (χ0) is 23.4. The number of benzene rings is 3. The number of halogens is 1. The summed E-state index contributed by atoms with van der Waals surface area (Å²) in [5, 5.41) is 3.30. The summed E-state index contributed by atoms with van der Waals surface area (Å²) in [6.45, 7) is 1.66. The second-order valence-corrected chi connectivity index (χ2v) is 8.83. The number of hydrogen-bond donors (Lipinski definition) is 1. The van der Waals surface area contributed by atoms with Crippen LogP contribution in [0.1, 0.15) is 28.8 Å². The van der Waals surface area contributed by atoms with Crippen molar-refractivity contribution in [3.05, 3.63) is 88.9 Å². The van der Waals surface area contributed by atoms with Crippen molar-refractivity contribution in [3.8, 4) is 11.5 Å². The van der Waals surface area contributed by atoms with Crippen molar-refractivity contribution in [2.24, 2.45) is 10.8 Å². The van der Waals surface area contributed by atoms with E-state index in [1.165, 1.54) is 0 Å². The van der Waals surface area contributed by atoms with E-state index in [2.05, 4.69) is 5.32 Å². The van der Waals surface area contributed by atoms with E-state index in [4.69, 9.17) is 21.1 Å². The van der Waals surface area contributed by atoms with Gasteiger partial charge in [-0.05, 0) is 61.5 Å². The van der Waals surface area contributed by atoms with E-state index in [1.54, 1.807) is 86.8 Å². The lowest BCUT2D eigenvalue weighted by molar-refractivity contribution is -0.147. The summed E-state index contributed by atoms with van der Waals surface area (Å²) in [6, 6.07) is 20.2. The van der Waals surface area contributed by atoms with Crippen molar-refractivity contribution < 1.29 is 23.9 Å². The number of hydrogen-bond acceptors (Lipinski definition) is 5. The maximum atomic E-state index is 13.8. The summed E-state index contributed by atoms with van der Waals surface area (Å²) < 4.78 is 10.7. The highest BCUT2D eigenvalue weighted by atomic mass is 35.5. The number of esters is 1. The Labute approximate surface area is 195 Å². The van der Waals surface area contributed by atoms with Gasteiger partial charge in [-0.2, -0.15) is 0 Å². The number of ketones is 1. The lowest BCUT2D eigenvalue weighted by atomic mass is 9.86. The van der Waals surface area contributed by atoms with E-state index < -0.39 is 28.6 Å². The Morgan fingerprint density at radius 3 is 2.33 bits per heavy atom. The van der Waals surface area contributed by atoms with Crippen molar-refractivity contribution in [3.63, 3.8) is 0 Å². The minimum atomic E-state index is -1.70. The number of anilines is 1. The van der Waals surface area contributed by atoms with E-state index in [1.807, 2.05) is 0 Å². The molecule has 1 fully saturated rings. The smallest absolute Gasteiger partial charge is 0.328 e. The Morgan fingerprint density at radius 2 is 1.67 bits per heavy atom. The second kappa shape index (κ2) is 7.46. The first kappa shape index (κ1) is 21.2. The topological polar surface area (TPSA) is 81.7 Å². The quantitative estimate of drug-likeness (QED) is 0.253. The summed E-state index contributed by atoms with van der Waals surface area (Å²) in [6.07, 6.45) is 0. The Balaban J connectivity index is 1.60. The zero-order valence-corrected chi connectivity index (χ0v) is 18.7. The summed E-state index contributed by atoms with van der Waals surface area (Å²) >= 11 is 5.99. The number of methoxy groups -OCH3 is 1. The van der Waals surface area contributed by atoms with E-state index in [0.717, 1.165) is 0 Å². The summed E-state index contributed by atoms with van der Waals surface area (Å²) in [7, 11) is 1.55. The van der Waals surface area contributed by atoms with E-state index in [-0.39, 0.29) is 5.78 Å². The second-order valence-electron chi connectivity index (χ2n) is 8.39. The molecule has 2 aliphatic rings. The molecule has 3 aromatic carbocycles. The van der Waals surface area contributed by atoms with E-state index in [9.17, 15) is 14.4 Å². The fourth-order valence-corrected chi connectivity index (χ4v) is 5.19. The van der Waals surface area contributed by atoms with E-state index >= 15 is 0 Å². The monoisotopic (exact) mass is 461 g/mol. The minimum Gasteiger partial charge on any atom is -0.497 e. The number of nitrogens with one attached hydrogen (secondary N) is 1. The van der Waals surface area contributed by atoms with Gasteiger partial charge in [-0.1, -0.05) is 29.8 Å². The highest BCUT2D eigenvalue weighted by molar-refractivity contribution is 6.30. The lowest BCUT2D eigenvalue weighted by Gasteiger charge is -2.23. The third-order valence-corrected chi connectivity index (χ3v) is 7.04. The van der Waals surface area contributed by atoms with Crippen LogP contribution >= 0.6 is 11.6 Å². The van der Waals surface area contributed by atoms with Gasteiger partial charge in [-0.25, -0.2) is 0 Å². The average Bonchev–Trinajstić information content (AvgIpc) is 3.43. The van der Waals surface area contributed by atoms with Crippen molar-refractivity contribution in [2.75, 3.05) is 12.4 Å². The number of carbonyl (C=O) groups is 3. The van der Waals surface area contributed by atoms with Crippen LogP contribution in [0.25, 0.3) is 0 Å². The molecule has 3 atom stereocenters. The maximum absolute atomic E-state index is 13.8. The molecule has 1 N–H and O–H groups in total. The summed E-state index contributed by atoms with van der Waals surface area (Å²) in [5.74, 6) is -1.30. The van der Waals surface area contributed by atoms with Crippen LogP contribution in [0.3, 0.4) is 0 Å². The van der Waals surface area contributed by atoms with Crippen LogP contribution < -0.4 is 14.8 Å². The molecule has 1 aliphatic carbocycles. The number of fused-ring (bicyclic) bond motifs is 3. The van der Waals surface area contributed by atoms with Crippen LogP contribution in [0.4, 0.5) is 5.69 Å². The first-order valence-corrected chi connectivity index (χ1v) is 10.8. The summed E-state index contributed by atoms with van der Waals surface area (Å²) in [4.78, 5) is 40.8. The molecule has 5 rings (SSSR count). The van der Waals surface area contributed by atoms with Gasteiger partial charge in [0.1, 0.15) is 11.5 Å². The van der Waals surface area contributed by atoms with Crippen LogP contribution in [0.2, 0.25) is 5.02 Å². The molecule has 1 amide bonds. The highest BCUT2D eigenvalue weighted by Crippen LogP contribution is 2.78. The van der Waals surface area contributed by atoms with Gasteiger partial charge in [0, 0.05) is 27.8 Å². The molecule has 166 valence electrons. The molecule has 3 aromatic rings.